The number of nitrogens with one attached hydrogen (secondary N) is 1. The second kappa shape index (κ2) is 12.5. The van der Waals surface area contributed by atoms with E-state index in [1.165, 1.54) is 6.08 Å². The molecule has 0 heterocycles. The quantitative estimate of drug-likeness (QED) is 0.398. The smallest absolute Gasteiger partial charge is 0.160 e. The summed E-state index contributed by atoms with van der Waals surface area (Å²) in [6, 6.07) is 13.2. The van der Waals surface area contributed by atoms with E-state index in [9.17, 15) is 5.11 Å². The Labute approximate surface area is 183 Å². The molecule has 0 aliphatic carbocycles. The van der Waals surface area contributed by atoms with E-state index in [1.807, 2.05) is 37.3 Å². The Hall–Kier alpha value is -3.21. The normalized spacial score (nSPS) is 12.1. The molecule has 0 aliphatic heterocycles. The SMILES string of the molecule is COc1ccc(CCNCC(O)COc2ccc(/C(C)=C\C#N)c(OC)c2)cc1OC. The molecule has 1 unspecified atom stereocenters. The van der Waals surface area contributed by atoms with E-state index in [0.29, 0.717) is 36.1 Å². The van der Waals surface area contributed by atoms with Crippen LogP contribution in [0, 0.1) is 11.3 Å². The van der Waals surface area contributed by atoms with Crippen molar-refractivity contribution in [3.05, 3.63) is 53.6 Å². The van der Waals surface area contributed by atoms with Gasteiger partial charge in [-0.05, 0) is 55.3 Å². The standard InChI is InChI=1S/C24H30N2O5/c1-17(9-11-25)21-7-6-20(14-23(21)29-3)31-16-19(27)15-26-12-10-18-5-8-22(28-2)24(13-18)30-4/h5-9,13-14,19,26-27H,10,12,15-16H2,1-4H3/b17-9-. The summed E-state index contributed by atoms with van der Waals surface area (Å²) >= 11 is 0. The molecule has 0 radical (unpaired) electrons. The predicted octanol–water partition coefficient (Wildman–Crippen LogP) is 3.21. The van der Waals surface area contributed by atoms with Crippen LogP contribution in [0.4, 0.5) is 0 Å². The maximum absolute atomic E-state index is 10.2. The van der Waals surface area contributed by atoms with Crippen LogP contribution in [-0.4, -0.2) is 52.2 Å². The third-order valence-corrected chi connectivity index (χ3v) is 4.74. The molecule has 0 bridgehead atoms. The van der Waals surface area contributed by atoms with Crippen molar-refractivity contribution in [2.24, 2.45) is 0 Å². The molecule has 0 spiro atoms. The number of rotatable bonds is 12. The first-order chi connectivity index (χ1) is 15.0. The monoisotopic (exact) mass is 426 g/mol. The number of hydrogen-bond acceptors (Lipinski definition) is 7. The fraction of sp³-hybridized carbons (Fsp3) is 0.375. The van der Waals surface area contributed by atoms with Crippen LogP contribution in [0.5, 0.6) is 23.0 Å². The van der Waals surface area contributed by atoms with E-state index in [4.69, 9.17) is 24.2 Å². The average molecular weight is 427 g/mol. The summed E-state index contributed by atoms with van der Waals surface area (Å²) in [5, 5.41) is 22.3. The van der Waals surface area contributed by atoms with Gasteiger partial charge in [-0.3, -0.25) is 0 Å². The molecule has 0 fully saturated rings. The first-order valence-electron chi connectivity index (χ1n) is 9.99. The van der Waals surface area contributed by atoms with Gasteiger partial charge in [0.2, 0.25) is 0 Å². The summed E-state index contributed by atoms with van der Waals surface area (Å²) in [6.07, 6.45) is 1.61. The first kappa shape index (κ1) is 24.1. The van der Waals surface area contributed by atoms with Crippen LogP contribution in [0.2, 0.25) is 0 Å². The molecule has 7 heteroatoms. The van der Waals surface area contributed by atoms with Gasteiger partial charge >= 0.3 is 0 Å². The third-order valence-electron chi connectivity index (χ3n) is 4.74. The fourth-order valence-electron chi connectivity index (χ4n) is 3.05. The first-order valence-corrected chi connectivity index (χ1v) is 9.99. The average Bonchev–Trinajstić information content (AvgIpc) is 2.80. The number of allylic oxidation sites excluding steroid dienone is 2. The minimum atomic E-state index is -0.656. The molecule has 2 N–H and O–H groups in total. The summed E-state index contributed by atoms with van der Waals surface area (Å²) in [7, 11) is 4.79. The predicted molar refractivity (Wildman–Crippen MR) is 120 cm³/mol. The molecule has 2 rings (SSSR count). The molecule has 0 aromatic heterocycles. The van der Waals surface area contributed by atoms with Crippen molar-refractivity contribution >= 4 is 5.57 Å². The van der Waals surface area contributed by atoms with Gasteiger partial charge in [0.05, 0.1) is 27.4 Å². The molecule has 0 amide bonds. The minimum Gasteiger partial charge on any atom is -0.496 e. The largest absolute Gasteiger partial charge is 0.496 e. The molecular weight excluding hydrogens is 396 g/mol. The molecule has 166 valence electrons. The number of aliphatic hydroxyl groups excluding tert-OH is 1. The maximum atomic E-state index is 10.2. The number of ether oxygens (including phenoxy) is 4. The van der Waals surface area contributed by atoms with Gasteiger partial charge in [-0.15, -0.1) is 0 Å². The van der Waals surface area contributed by atoms with E-state index in [-0.39, 0.29) is 6.61 Å². The minimum absolute atomic E-state index is 0.152. The van der Waals surface area contributed by atoms with Crippen LogP contribution >= 0.6 is 0 Å². The lowest BCUT2D eigenvalue weighted by molar-refractivity contribution is 0.106. The summed E-state index contributed by atoms with van der Waals surface area (Å²) < 4.78 is 21.6. The Morgan fingerprint density at radius 3 is 2.48 bits per heavy atom. The molecule has 0 saturated heterocycles. The van der Waals surface area contributed by atoms with Crippen LogP contribution in [0.3, 0.4) is 0 Å². The van der Waals surface area contributed by atoms with Gasteiger partial charge in [0.15, 0.2) is 11.5 Å². The third kappa shape index (κ3) is 7.21. The highest BCUT2D eigenvalue weighted by molar-refractivity contribution is 5.71. The van der Waals surface area contributed by atoms with Crippen molar-refractivity contribution in [3.63, 3.8) is 0 Å². The highest BCUT2D eigenvalue weighted by Gasteiger charge is 2.10. The van der Waals surface area contributed by atoms with Gasteiger partial charge in [-0.1, -0.05) is 6.07 Å². The van der Waals surface area contributed by atoms with E-state index < -0.39 is 6.10 Å². The van der Waals surface area contributed by atoms with Crippen LogP contribution in [0.1, 0.15) is 18.1 Å². The summed E-state index contributed by atoms with van der Waals surface area (Å²) in [4.78, 5) is 0. The van der Waals surface area contributed by atoms with Gasteiger partial charge < -0.3 is 29.4 Å². The number of nitrogens with zero attached hydrogens (tertiary/aromatic N) is 1. The number of nitriles is 1. The number of benzene rings is 2. The molecule has 0 aliphatic rings. The second-order valence-electron chi connectivity index (χ2n) is 6.93. The van der Waals surface area contributed by atoms with E-state index in [2.05, 4.69) is 5.32 Å². The van der Waals surface area contributed by atoms with Gasteiger partial charge in [0.25, 0.3) is 0 Å². The van der Waals surface area contributed by atoms with Crippen LogP contribution in [0.15, 0.2) is 42.5 Å². The zero-order chi connectivity index (χ0) is 22.6. The molecule has 7 nitrogen and oxygen atoms in total. The maximum Gasteiger partial charge on any atom is 0.160 e. The Balaban J connectivity index is 1.79. The lowest BCUT2D eigenvalue weighted by Gasteiger charge is -2.15. The van der Waals surface area contributed by atoms with Crippen LogP contribution < -0.4 is 24.3 Å². The molecule has 31 heavy (non-hydrogen) atoms. The van der Waals surface area contributed by atoms with Gasteiger partial charge in [0, 0.05) is 24.3 Å². The molecule has 0 saturated carbocycles. The summed E-state index contributed by atoms with van der Waals surface area (Å²) in [5.41, 5.74) is 2.75. The van der Waals surface area contributed by atoms with E-state index >= 15 is 0 Å². The molecule has 1 atom stereocenters. The van der Waals surface area contributed by atoms with Crippen LogP contribution in [-0.2, 0) is 6.42 Å². The van der Waals surface area contributed by atoms with Crippen molar-refractivity contribution in [2.75, 3.05) is 41.0 Å². The summed E-state index contributed by atoms with van der Waals surface area (Å²) in [5.74, 6) is 2.61. The number of hydrogen-bond donors (Lipinski definition) is 2. The Morgan fingerprint density at radius 1 is 1.06 bits per heavy atom. The zero-order valence-electron chi connectivity index (χ0n) is 18.5. The Bertz CT molecular complexity index is 921. The van der Waals surface area contributed by atoms with Gasteiger partial charge in [-0.2, -0.15) is 5.26 Å². The number of aliphatic hydroxyl groups is 1. The summed E-state index contributed by atoms with van der Waals surface area (Å²) in [6.45, 7) is 3.12. The topological polar surface area (TPSA) is 93.0 Å². The van der Waals surface area contributed by atoms with Crippen molar-refractivity contribution in [2.45, 2.75) is 19.4 Å². The molecular formula is C24H30N2O5. The fourth-order valence-corrected chi connectivity index (χ4v) is 3.05. The van der Waals surface area contributed by atoms with Crippen molar-refractivity contribution in [1.82, 2.24) is 5.32 Å². The van der Waals surface area contributed by atoms with Crippen LogP contribution in [0.25, 0.3) is 5.57 Å². The zero-order valence-corrected chi connectivity index (χ0v) is 18.5. The molecule has 2 aromatic carbocycles. The van der Waals surface area contributed by atoms with Gasteiger partial charge in [-0.25, -0.2) is 0 Å². The highest BCUT2D eigenvalue weighted by atomic mass is 16.5. The highest BCUT2D eigenvalue weighted by Crippen LogP contribution is 2.30. The van der Waals surface area contributed by atoms with E-state index in [0.717, 1.165) is 23.1 Å². The molecule has 2 aromatic rings. The Morgan fingerprint density at radius 2 is 1.81 bits per heavy atom. The van der Waals surface area contributed by atoms with Gasteiger partial charge in [0.1, 0.15) is 24.2 Å². The number of methoxy groups -OCH3 is 3. The lowest BCUT2D eigenvalue weighted by atomic mass is 10.1. The van der Waals surface area contributed by atoms with Crippen molar-refractivity contribution in [1.29, 1.82) is 5.26 Å². The second-order valence-corrected chi connectivity index (χ2v) is 6.93. The Kier molecular flexibility index (Phi) is 9.69. The van der Waals surface area contributed by atoms with Crippen molar-refractivity contribution in [3.8, 4) is 29.1 Å². The van der Waals surface area contributed by atoms with Crippen molar-refractivity contribution < 1.29 is 24.1 Å². The van der Waals surface area contributed by atoms with E-state index in [1.54, 1.807) is 33.5 Å². The lowest BCUT2D eigenvalue weighted by Crippen LogP contribution is -2.32.